The Morgan fingerprint density at radius 2 is 2.00 bits per heavy atom. The quantitative estimate of drug-likeness (QED) is 0.694. The first-order valence-corrected chi connectivity index (χ1v) is 6.64. The number of carbonyl (C=O) groups excluding carboxylic acids is 1. The molecule has 3 fully saturated rings. The number of amides is 1. The topological polar surface area (TPSA) is 38.8 Å². The summed E-state index contributed by atoms with van der Waals surface area (Å²) in [6.07, 6.45) is 3.06. The number of fused-ring (bicyclic) bond motifs is 1. The summed E-state index contributed by atoms with van der Waals surface area (Å²) in [5.74, 6) is 1.05. The SMILES string of the molecule is CC1(C)OC[C@@H]2C[C@H](C3CCOCC3)C(=O)N21. The molecule has 4 heteroatoms. The number of hydrogen-bond donors (Lipinski definition) is 0. The summed E-state index contributed by atoms with van der Waals surface area (Å²) in [6.45, 7) is 6.34. The molecule has 17 heavy (non-hydrogen) atoms. The van der Waals surface area contributed by atoms with Crippen LogP contribution in [0.5, 0.6) is 0 Å². The highest BCUT2D eigenvalue weighted by molar-refractivity contribution is 5.82. The molecule has 3 aliphatic heterocycles. The van der Waals surface area contributed by atoms with Crippen LogP contribution in [0.3, 0.4) is 0 Å². The molecule has 0 aliphatic carbocycles. The fraction of sp³-hybridized carbons (Fsp3) is 0.923. The molecule has 3 aliphatic rings. The van der Waals surface area contributed by atoms with Crippen molar-refractivity contribution in [2.45, 2.75) is 44.9 Å². The van der Waals surface area contributed by atoms with Gasteiger partial charge in [-0.05, 0) is 39.0 Å². The predicted octanol–water partition coefficient (Wildman–Crippen LogP) is 1.40. The van der Waals surface area contributed by atoms with E-state index in [0.29, 0.717) is 24.5 Å². The Bertz CT molecular complexity index is 323. The van der Waals surface area contributed by atoms with Gasteiger partial charge in [0.05, 0.1) is 12.6 Å². The van der Waals surface area contributed by atoms with E-state index in [1.807, 2.05) is 18.7 Å². The third kappa shape index (κ3) is 1.78. The van der Waals surface area contributed by atoms with Crippen molar-refractivity contribution in [3.63, 3.8) is 0 Å². The van der Waals surface area contributed by atoms with Crippen LogP contribution in [-0.4, -0.2) is 42.4 Å². The fourth-order valence-electron chi connectivity index (χ4n) is 3.59. The van der Waals surface area contributed by atoms with Crippen LogP contribution < -0.4 is 0 Å². The summed E-state index contributed by atoms with van der Waals surface area (Å²) >= 11 is 0. The molecule has 1 amide bonds. The molecule has 3 heterocycles. The minimum Gasteiger partial charge on any atom is -0.381 e. The maximum Gasteiger partial charge on any atom is 0.228 e. The second kappa shape index (κ2) is 3.95. The first-order valence-electron chi connectivity index (χ1n) is 6.64. The van der Waals surface area contributed by atoms with E-state index in [-0.39, 0.29) is 5.92 Å². The van der Waals surface area contributed by atoms with Crippen LogP contribution in [0.25, 0.3) is 0 Å². The van der Waals surface area contributed by atoms with Crippen LogP contribution in [-0.2, 0) is 14.3 Å². The van der Waals surface area contributed by atoms with Gasteiger partial charge in [0.15, 0.2) is 0 Å². The number of hydrogen-bond acceptors (Lipinski definition) is 3. The van der Waals surface area contributed by atoms with Crippen molar-refractivity contribution in [1.29, 1.82) is 0 Å². The first-order chi connectivity index (χ1) is 8.09. The van der Waals surface area contributed by atoms with Gasteiger partial charge in [0, 0.05) is 19.1 Å². The lowest BCUT2D eigenvalue weighted by Gasteiger charge is -2.31. The molecule has 4 nitrogen and oxygen atoms in total. The third-order valence-electron chi connectivity index (χ3n) is 4.49. The van der Waals surface area contributed by atoms with Crippen molar-refractivity contribution in [2.75, 3.05) is 19.8 Å². The highest BCUT2D eigenvalue weighted by atomic mass is 16.5. The smallest absolute Gasteiger partial charge is 0.228 e. The molecule has 0 unspecified atom stereocenters. The second-order valence-electron chi connectivity index (χ2n) is 5.91. The van der Waals surface area contributed by atoms with E-state index in [9.17, 15) is 4.79 Å². The lowest BCUT2D eigenvalue weighted by atomic mass is 9.84. The number of ether oxygens (including phenoxy) is 2. The van der Waals surface area contributed by atoms with Gasteiger partial charge >= 0.3 is 0 Å². The highest BCUT2D eigenvalue weighted by Gasteiger charge is 2.53. The maximum absolute atomic E-state index is 12.5. The van der Waals surface area contributed by atoms with Crippen molar-refractivity contribution in [3.8, 4) is 0 Å². The van der Waals surface area contributed by atoms with E-state index < -0.39 is 5.72 Å². The molecule has 0 bridgehead atoms. The molecule has 0 saturated carbocycles. The lowest BCUT2D eigenvalue weighted by molar-refractivity contribution is -0.147. The Hall–Kier alpha value is -0.610. The van der Waals surface area contributed by atoms with Gasteiger partial charge in [-0.1, -0.05) is 0 Å². The van der Waals surface area contributed by atoms with Crippen molar-refractivity contribution < 1.29 is 14.3 Å². The van der Waals surface area contributed by atoms with E-state index >= 15 is 0 Å². The summed E-state index contributed by atoms with van der Waals surface area (Å²) in [6, 6.07) is 0.311. The minimum atomic E-state index is -0.401. The largest absolute Gasteiger partial charge is 0.381 e. The Morgan fingerprint density at radius 3 is 2.65 bits per heavy atom. The van der Waals surface area contributed by atoms with Gasteiger partial charge in [-0.2, -0.15) is 0 Å². The minimum absolute atomic E-state index is 0.215. The van der Waals surface area contributed by atoms with E-state index in [2.05, 4.69) is 0 Å². The normalized spacial score (nSPS) is 37.5. The van der Waals surface area contributed by atoms with Gasteiger partial charge < -0.3 is 14.4 Å². The van der Waals surface area contributed by atoms with Crippen molar-refractivity contribution >= 4 is 5.91 Å². The Balaban J connectivity index is 1.75. The number of nitrogens with zero attached hydrogens (tertiary/aromatic N) is 1. The highest BCUT2D eigenvalue weighted by Crippen LogP contribution is 2.42. The van der Waals surface area contributed by atoms with Crippen molar-refractivity contribution in [2.24, 2.45) is 11.8 Å². The molecule has 3 rings (SSSR count). The van der Waals surface area contributed by atoms with Crippen LogP contribution in [0.4, 0.5) is 0 Å². The Labute approximate surface area is 102 Å². The van der Waals surface area contributed by atoms with Gasteiger partial charge in [0.25, 0.3) is 0 Å². The van der Waals surface area contributed by atoms with Gasteiger partial charge in [0.1, 0.15) is 5.72 Å². The molecule has 0 N–H and O–H groups in total. The second-order valence-corrected chi connectivity index (χ2v) is 5.91. The van der Waals surface area contributed by atoms with Crippen LogP contribution >= 0.6 is 0 Å². The van der Waals surface area contributed by atoms with Crippen LogP contribution in [0.2, 0.25) is 0 Å². The molecule has 0 aromatic rings. The molecular weight excluding hydrogens is 218 g/mol. The third-order valence-corrected chi connectivity index (χ3v) is 4.49. The van der Waals surface area contributed by atoms with Gasteiger partial charge in [-0.15, -0.1) is 0 Å². The first kappa shape index (κ1) is 11.5. The summed E-state index contributed by atoms with van der Waals surface area (Å²) in [7, 11) is 0. The Kier molecular flexibility index (Phi) is 2.67. The van der Waals surface area contributed by atoms with E-state index in [0.717, 1.165) is 32.5 Å². The predicted molar refractivity (Wildman–Crippen MR) is 62.3 cm³/mol. The fourth-order valence-corrected chi connectivity index (χ4v) is 3.59. The molecular formula is C13H21NO3. The van der Waals surface area contributed by atoms with E-state index in [1.165, 1.54) is 0 Å². The zero-order chi connectivity index (χ0) is 12.0. The summed E-state index contributed by atoms with van der Waals surface area (Å²) < 4.78 is 11.1. The average molecular weight is 239 g/mol. The van der Waals surface area contributed by atoms with E-state index in [1.54, 1.807) is 0 Å². The molecule has 0 spiro atoms. The summed E-state index contributed by atoms with van der Waals surface area (Å²) in [5.41, 5.74) is -0.401. The van der Waals surface area contributed by atoms with Crippen LogP contribution in [0.1, 0.15) is 33.1 Å². The number of carbonyl (C=O) groups is 1. The van der Waals surface area contributed by atoms with Crippen molar-refractivity contribution in [3.05, 3.63) is 0 Å². The molecule has 3 saturated heterocycles. The lowest BCUT2D eigenvalue weighted by Crippen LogP contribution is -2.45. The monoisotopic (exact) mass is 239 g/mol. The van der Waals surface area contributed by atoms with E-state index in [4.69, 9.17) is 9.47 Å². The standard InChI is InChI=1S/C13H21NO3/c1-13(2)14-10(8-17-13)7-11(12(14)15)9-3-5-16-6-4-9/h9-11H,3-8H2,1-2H3/t10-,11+/m0/s1. The molecule has 0 aromatic heterocycles. The molecule has 0 aromatic carbocycles. The molecule has 2 atom stereocenters. The van der Waals surface area contributed by atoms with Gasteiger partial charge in [0.2, 0.25) is 5.91 Å². The molecule has 0 radical (unpaired) electrons. The van der Waals surface area contributed by atoms with Crippen LogP contribution in [0, 0.1) is 11.8 Å². The van der Waals surface area contributed by atoms with Gasteiger partial charge in [-0.3, -0.25) is 4.79 Å². The zero-order valence-corrected chi connectivity index (χ0v) is 10.6. The molecule has 96 valence electrons. The number of rotatable bonds is 1. The Morgan fingerprint density at radius 1 is 1.29 bits per heavy atom. The maximum atomic E-state index is 12.5. The van der Waals surface area contributed by atoms with Crippen molar-refractivity contribution in [1.82, 2.24) is 4.90 Å². The zero-order valence-electron chi connectivity index (χ0n) is 10.6. The van der Waals surface area contributed by atoms with Gasteiger partial charge in [-0.25, -0.2) is 0 Å². The summed E-state index contributed by atoms with van der Waals surface area (Å²) in [4.78, 5) is 14.5. The summed E-state index contributed by atoms with van der Waals surface area (Å²) in [5, 5.41) is 0. The average Bonchev–Trinajstić information content (AvgIpc) is 2.80. The van der Waals surface area contributed by atoms with Crippen LogP contribution in [0.15, 0.2) is 0 Å².